The maximum Gasteiger partial charge on any atom is 0.220 e. The first kappa shape index (κ1) is 38.7. The van der Waals surface area contributed by atoms with E-state index in [0.717, 1.165) is 25.0 Å². The van der Waals surface area contributed by atoms with Crippen molar-refractivity contribution < 1.29 is 46.9 Å². The Kier molecular flexibility index (Phi) is 25.0. The molecule has 0 saturated carbocycles. The van der Waals surface area contributed by atoms with Gasteiger partial charge in [-0.1, -0.05) is 6.42 Å². The zero-order chi connectivity index (χ0) is 30.6. The minimum atomic E-state index is -1.10. The summed E-state index contributed by atoms with van der Waals surface area (Å²) in [5.74, 6) is 1.04. The van der Waals surface area contributed by atoms with Crippen molar-refractivity contribution in [1.29, 1.82) is 0 Å². The Morgan fingerprint density at radius 1 is 0.698 bits per heavy atom. The molecule has 0 radical (unpaired) electrons. The average Bonchev–Trinajstić information content (AvgIpc) is 3.56. The number of hydrogen-bond donors (Lipinski definition) is 4. The fourth-order valence-corrected chi connectivity index (χ4v) is 7.11. The monoisotopic (exact) mass is 658 g/mol. The van der Waals surface area contributed by atoms with Crippen molar-refractivity contribution >= 4 is 28.8 Å². The van der Waals surface area contributed by atoms with Gasteiger partial charge in [-0.3, -0.25) is 4.79 Å². The van der Waals surface area contributed by atoms with Crippen LogP contribution in [0.25, 0.3) is 0 Å². The van der Waals surface area contributed by atoms with Crippen molar-refractivity contribution in [3.05, 3.63) is 0 Å². The lowest BCUT2D eigenvalue weighted by molar-refractivity contribution is -0.121. The van der Waals surface area contributed by atoms with E-state index < -0.39 is 11.2 Å². The number of carbonyl (C=O) groups is 1. The number of unbranched alkanes of at least 4 members (excludes halogenated alkanes) is 1. The van der Waals surface area contributed by atoms with Gasteiger partial charge in [-0.15, -0.1) is 0 Å². The predicted octanol–water partition coefficient (Wildman–Crippen LogP) is -0.621. The number of thioether (sulfide) groups is 1. The topological polar surface area (TPSA) is 170 Å². The quantitative estimate of drug-likeness (QED) is 0.0698. The first-order valence-corrected chi connectivity index (χ1v) is 17.5. The molecular formula is C27H54N4O10S2. The maximum absolute atomic E-state index is 12.0. The SMILES string of the molecule is NCCOCCOCCOCCOCCOCCOCCOCCOCCNC(=O)CCCCC1SCC2NS(=O)NC21. The van der Waals surface area contributed by atoms with Crippen LogP contribution >= 0.6 is 11.8 Å². The molecule has 4 atom stereocenters. The van der Waals surface area contributed by atoms with Crippen LogP contribution in [0.5, 0.6) is 0 Å². The Morgan fingerprint density at radius 3 is 1.65 bits per heavy atom. The van der Waals surface area contributed by atoms with Gasteiger partial charge in [0.2, 0.25) is 5.91 Å². The molecule has 0 aromatic rings. The van der Waals surface area contributed by atoms with Gasteiger partial charge < -0.3 is 48.9 Å². The zero-order valence-corrected chi connectivity index (χ0v) is 27.1. The molecule has 2 rings (SSSR count). The molecule has 1 amide bonds. The number of nitrogens with two attached hydrogens (primary N) is 1. The van der Waals surface area contributed by atoms with Crippen molar-refractivity contribution in [3.8, 4) is 0 Å². The van der Waals surface area contributed by atoms with Crippen molar-refractivity contribution in [1.82, 2.24) is 14.8 Å². The minimum absolute atomic E-state index is 0.0521. The molecule has 2 aliphatic rings. The lowest BCUT2D eigenvalue weighted by Gasteiger charge is -2.15. The standard InChI is InChI=1S/C27H54N4O10S2/c28-5-7-34-9-11-36-13-15-38-17-19-40-21-22-41-20-18-39-16-14-37-12-10-35-8-6-29-26(32)4-2-1-3-25-27-24(23-42-25)30-43(33)31-27/h24-25,27,30-31H,1-23,28H2,(H,29,32). The highest BCUT2D eigenvalue weighted by molar-refractivity contribution is 8.00. The number of ether oxygens (including phenoxy) is 8. The highest BCUT2D eigenvalue weighted by atomic mass is 32.2. The van der Waals surface area contributed by atoms with Gasteiger partial charge in [0.15, 0.2) is 11.2 Å². The second-order valence-electron chi connectivity index (χ2n) is 9.79. The lowest BCUT2D eigenvalue weighted by atomic mass is 10.0. The summed E-state index contributed by atoms with van der Waals surface area (Å²) in [6.07, 6.45) is 3.40. The fourth-order valence-electron chi connectivity index (χ4n) is 4.22. The molecule has 0 spiro atoms. The lowest BCUT2D eigenvalue weighted by Crippen LogP contribution is -2.36. The Labute approximate surface area is 263 Å². The van der Waals surface area contributed by atoms with Crippen LogP contribution < -0.4 is 20.5 Å². The van der Waals surface area contributed by atoms with E-state index in [9.17, 15) is 9.00 Å². The number of amides is 1. The van der Waals surface area contributed by atoms with Gasteiger partial charge in [-0.25, -0.2) is 13.7 Å². The molecule has 2 heterocycles. The van der Waals surface area contributed by atoms with Crippen molar-refractivity contribution in [2.75, 3.05) is 125 Å². The Hall–Kier alpha value is -0.470. The molecule has 2 saturated heterocycles. The minimum Gasteiger partial charge on any atom is -0.378 e. The smallest absolute Gasteiger partial charge is 0.220 e. The third-order valence-electron chi connectivity index (χ3n) is 6.40. The third-order valence-corrected chi connectivity index (χ3v) is 8.91. The normalized spacial score (nSPS) is 21.4. The van der Waals surface area contributed by atoms with Crippen LogP contribution in [-0.4, -0.2) is 152 Å². The summed E-state index contributed by atoms with van der Waals surface area (Å²) in [5.41, 5.74) is 5.33. The molecule has 0 aromatic carbocycles. The molecule has 2 fully saturated rings. The highest BCUT2D eigenvalue weighted by Crippen LogP contribution is 2.33. The van der Waals surface area contributed by atoms with Crippen LogP contribution in [0.1, 0.15) is 25.7 Å². The molecule has 0 aliphatic carbocycles. The summed E-state index contributed by atoms with van der Waals surface area (Å²) >= 11 is 0.822. The summed E-state index contributed by atoms with van der Waals surface area (Å²) in [7, 11) is 0. The summed E-state index contributed by atoms with van der Waals surface area (Å²) < 4.78 is 61.1. The first-order valence-electron chi connectivity index (χ1n) is 15.3. The summed E-state index contributed by atoms with van der Waals surface area (Å²) in [4.78, 5) is 12.0. The highest BCUT2D eigenvalue weighted by Gasteiger charge is 2.42. The van der Waals surface area contributed by atoms with Crippen molar-refractivity contribution in [3.63, 3.8) is 0 Å². The molecule has 14 nitrogen and oxygen atoms in total. The molecule has 2 aliphatic heterocycles. The van der Waals surface area contributed by atoms with E-state index in [1.165, 1.54) is 0 Å². The average molecular weight is 659 g/mol. The Morgan fingerprint density at radius 2 is 1.16 bits per heavy atom. The number of hydrogen-bond acceptors (Lipinski definition) is 12. The first-order chi connectivity index (χ1) is 21.2. The van der Waals surface area contributed by atoms with Crippen LogP contribution in [0.2, 0.25) is 0 Å². The van der Waals surface area contributed by atoms with Crippen molar-refractivity contribution in [2.45, 2.75) is 43.0 Å². The van der Waals surface area contributed by atoms with E-state index in [4.69, 9.17) is 43.6 Å². The molecule has 0 aromatic heterocycles. The van der Waals surface area contributed by atoms with Gasteiger partial charge in [0.1, 0.15) is 0 Å². The van der Waals surface area contributed by atoms with Gasteiger partial charge >= 0.3 is 0 Å². The van der Waals surface area contributed by atoms with Gasteiger partial charge in [0.05, 0.1) is 106 Å². The Bertz CT molecular complexity index is 704. The van der Waals surface area contributed by atoms with Gasteiger partial charge in [-0.2, -0.15) is 11.8 Å². The number of fused-ring (bicyclic) bond motifs is 1. The third kappa shape index (κ3) is 21.0. The molecule has 16 heteroatoms. The second-order valence-corrected chi connectivity index (χ2v) is 12.1. The largest absolute Gasteiger partial charge is 0.378 e. The van der Waals surface area contributed by atoms with Crippen LogP contribution in [0.4, 0.5) is 0 Å². The fraction of sp³-hybridized carbons (Fsp3) is 0.963. The van der Waals surface area contributed by atoms with Crippen LogP contribution in [0.15, 0.2) is 0 Å². The number of nitrogens with one attached hydrogen (secondary N) is 3. The summed E-state index contributed by atoms with van der Waals surface area (Å²) in [6.45, 7) is 9.13. The van der Waals surface area contributed by atoms with Crippen LogP contribution in [0.3, 0.4) is 0 Å². The molecule has 4 unspecified atom stereocenters. The van der Waals surface area contributed by atoms with E-state index in [1.54, 1.807) is 0 Å². The van der Waals surface area contributed by atoms with E-state index in [-0.39, 0.29) is 11.9 Å². The van der Waals surface area contributed by atoms with Gasteiger partial charge in [0.25, 0.3) is 0 Å². The van der Waals surface area contributed by atoms with Crippen molar-refractivity contribution in [2.24, 2.45) is 5.73 Å². The Balaban J connectivity index is 1.19. The van der Waals surface area contributed by atoms with Gasteiger partial charge in [-0.05, 0) is 12.8 Å². The van der Waals surface area contributed by atoms with E-state index in [1.807, 2.05) is 11.8 Å². The number of carbonyl (C=O) groups excluding carboxylic acids is 1. The second kappa shape index (κ2) is 27.8. The maximum atomic E-state index is 12.0. The summed E-state index contributed by atoms with van der Waals surface area (Å²) in [5, 5.41) is 3.36. The van der Waals surface area contributed by atoms with E-state index in [2.05, 4.69) is 14.8 Å². The molecule has 254 valence electrons. The molecule has 5 N–H and O–H groups in total. The van der Waals surface area contributed by atoms with Gasteiger partial charge in [0, 0.05) is 42.6 Å². The molecule has 43 heavy (non-hydrogen) atoms. The van der Waals surface area contributed by atoms with E-state index >= 15 is 0 Å². The summed E-state index contributed by atoms with van der Waals surface area (Å²) in [6, 6.07) is 0.575. The molecule has 0 bridgehead atoms. The predicted molar refractivity (Wildman–Crippen MR) is 165 cm³/mol. The van der Waals surface area contributed by atoms with Crippen LogP contribution in [-0.2, 0) is 53.9 Å². The van der Waals surface area contributed by atoms with E-state index in [0.29, 0.717) is 137 Å². The molecular weight excluding hydrogens is 604 g/mol. The zero-order valence-electron chi connectivity index (χ0n) is 25.5. The number of rotatable bonds is 31. The van der Waals surface area contributed by atoms with Crippen LogP contribution in [0, 0.1) is 0 Å².